The van der Waals surface area contributed by atoms with Gasteiger partial charge in [0.05, 0.1) is 12.2 Å². The molecule has 6 nitrogen and oxygen atoms in total. The summed E-state index contributed by atoms with van der Waals surface area (Å²) in [5.41, 5.74) is 0. The van der Waals surface area contributed by atoms with E-state index in [1.54, 1.807) is 14.1 Å². The van der Waals surface area contributed by atoms with Crippen LogP contribution in [0.15, 0.2) is 0 Å². The molecule has 20 heavy (non-hydrogen) atoms. The van der Waals surface area contributed by atoms with Crippen LogP contribution in [0.5, 0.6) is 0 Å². The van der Waals surface area contributed by atoms with Crippen LogP contribution in [0.4, 0.5) is 4.79 Å². The van der Waals surface area contributed by atoms with Gasteiger partial charge in [-0.25, -0.2) is 4.79 Å². The van der Waals surface area contributed by atoms with Gasteiger partial charge in [-0.1, -0.05) is 0 Å². The van der Waals surface area contributed by atoms with E-state index in [4.69, 9.17) is 9.47 Å². The molecule has 1 aliphatic rings. The third kappa shape index (κ3) is 6.23. The smallest absolute Gasteiger partial charge is 0.407 e. The molecule has 1 fully saturated rings. The number of likely N-dealkylation sites (N-methyl/N-ethyl adjacent to an activating group) is 1. The molecule has 0 atom stereocenters. The number of nitrogens with one attached hydrogen (secondary N) is 1. The maximum Gasteiger partial charge on any atom is 0.407 e. The van der Waals surface area contributed by atoms with Gasteiger partial charge >= 0.3 is 6.09 Å². The molecule has 0 bridgehead atoms. The zero-order valence-corrected chi connectivity index (χ0v) is 12.8. The SMILES string of the molecule is CC(C)OC(=O)NC1CCC(OCC(=O)N(C)C)CC1. The Morgan fingerprint density at radius 1 is 1.20 bits per heavy atom. The number of hydrogen-bond acceptors (Lipinski definition) is 4. The number of nitrogens with zero attached hydrogens (tertiary/aromatic N) is 1. The molecule has 0 aliphatic heterocycles. The van der Waals surface area contributed by atoms with Crippen LogP contribution in [0.3, 0.4) is 0 Å². The van der Waals surface area contributed by atoms with E-state index in [0.717, 1.165) is 25.7 Å². The van der Waals surface area contributed by atoms with Crippen molar-refractivity contribution >= 4 is 12.0 Å². The molecule has 6 heteroatoms. The Hall–Kier alpha value is -1.30. The Kier molecular flexibility index (Phi) is 6.78. The predicted octanol–water partition coefficient (Wildman–Crippen LogP) is 1.54. The summed E-state index contributed by atoms with van der Waals surface area (Å²) in [5, 5.41) is 2.86. The molecular formula is C14H26N2O4. The van der Waals surface area contributed by atoms with E-state index in [0.29, 0.717) is 0 Å². The Bertz CT molecular complexity index is 323. The average Bonchev–Trinajstić information content (AvgIpc) is 2.36. The molecule has 1 saturated carbocycles. The van der Waals surface area contributed by atoms with E-state index in [2.05, 4.69) is 5.32 Å². The van der Waals surface area contributed by atoms with Crippen molar-refractivity contribution in [1.82, 2.24) is 10.2 Å². The number of alkyl carbamates (subject to hydrolysis) is 1. The van der Waals surface area contributed by atoms with Crippen LogP contribution in [0.1, 0.15) is 39.5 Å². The summed E-state index contributed by atoms with van der Waals surface area (Å²) in [6.07, 6.45) is 3.07. The zero-order valence-electron chi connectivity index (χ0n) is 12.8. The second-order valence-electron chi connectivity index (χ2n) is 5.67. The number of hydrogen-bond donors (Lipinski definition) is 1. The maximum atomic E-state index is 11.5. The average molecular weight is 286 g/mol. The first-order chi connectivity index (χ1) is 9.38. The van der Waals surface area contributed by atoms with Gasteiger partial charge in [0.1, 0.15) is 6.61 Å². The minimum atomic E-state index is -0.354. The Morgan fingerprint density at radius 2 is 1.80 bits per heavy atom. The van der Waals surface area contributed by atoms with E-state index in [-0.39, 0.29) is 36.9 Å². The van der Waals surface area contributed by atoms with Crippen molar-refractivity contribution in [2.24, 2.45) is 0 Å². The number of ether oxygens (including phenoxy) is 2. The molecule has 0 heterocycles. The largest absolute Gasteiger partial charge is 0.447 e. The van der Waals surface area contributed by atoms with E-state index in [1.807, 2.05) is 13.8 Å². The van der Waals surface area contributed by atoms with E-state index >= 15 is 0 Å². The van der Waals surface area contributed by atoms with Gasteiger partial charge in [-0.2, -0.15) is 0 Å². The van der Waals surface area contributed by atoms with E-state index in [1.165, 1.54) is 4.90 Å². The van der Waals surface area contributed by atoms with Gasteiger partial charge in [-0.05, 0) is 39.5 Å². The second kappa shape index (κ2) is 8.09. The number of amides is 2. The molecular weight excluding hydrogens is 260 g/mol. The van der Waals surface area contributed by atoms with Crippen molar-refractivity contribution in [3.05, 3.63) is 0 Å². The van der Waals surface area contributed by atoms with Crippen molar-refractivity contribution < 1.29 is 19.1 Å². The monoisotopic (exact) mass is 286 g/mol. The summed E-state index contributed by atoms with van der Waals surface area (Å²) in [7, 11) is 3.43. The van der Waals surface area contributed by atoms with Crippen LogP contribution in [-0.4, -0.2) is 55.9 Å². The molecule has 0 aromatic carbocycles. The Balaban J connectivity index is 2.20. The molecule has 0 spiro atoms. The first-order valence-electron chi connectivity index (χ1n) is 7.17. The maximum absolute atomic E-state index is 11.5. The number of rotatable bonds is 5. The molecule has 1 aliphatic carbocycles. The summed E-state index contributed by atoms with van der Waals surface area (Å²) < 4.78 is 10.6. The van der Waals surface area contributed by atoms with Crippen molar-refractivity contribution in [1.29, 1.82) is 0 Å². The van der Waals surface area contributed by atoms with Crippen LogP contribution in [0.2, 0.25) is 0 Å². The van der Waals surface area contributed by atoms with E-state index in [9.17, 15) is 9.59 Å². The minimum absolute atomic E-state index is 0.0224. The van der Waals surface area contributed by atoms with Crippen molar-refractivity contribution in [3.63, 3.8) is 0 Å². The van der Waals surface area contributed by atoms with Crippen LogP contribution in [0.25, 0.3) is 0 Å². The second-order valence-corrected chi connectivity index (χ2v) is 5.67. The Labute approximate surface area is 120 Å². The lowest BCUT2D eigenvalue weighted by molar-refractivity contribution is -0.136. The number of carbonyl (C=O) groups is 2. The first kappa shape index (κ1) is 16.8. The van der Waals surface area contributed by atoms with Gasteiger partial charge in [0.25, 0.3) is 0 Å². The van der Waals surface area contributed by atoms with Crippen LogP contribution < -0.4 is 5.32 Å². The van der Waals surface area contributed by atoms with E-state index < -0.39 is 0 Å². The fraction of sp³-hybridized carbons (Fsp3) is 0.857. The van der Waals surface area contributed by atoms with Gasteiger partial charge < -0.3 is 19.7 Å². The molecule has 0 unspecified atom stereocenters. The topological polar surface area (TPSA) is 67.9 Å². The van der Waals surface area contributed by atoms with Gasteiger partial charge in [0, 0.05) is 20.1 Å². The van der Waals surface area contributed by atoms with Crippen molar-refractivity contribution in [2.45, 2.75) is 57.8 Å². The normalized spacial score (nSPS) is 22.4. The lowest BCUT2D eigenvalue weighted by Crippen LogP contribution is -2.40. The molecule has 0 radical (unpaired) electrons. The third-order valence-corrected chi connectivity index (χ3v) is 3.28. The van der Waals surface area contributed by atoms with Gasteiger partial charge in [0.15, 0.2) is 0 Å². The van der Waals surface area contributed by atoms with Gasteiger partial charge in [-0.15, -0.1) is 0 Å². The molecule has 0 aromatic heterocycles. The molecule has 116 valence electrons. The first-order valence-corrected chi connectivity index (χ1v) is 7.17. The standard InChI is InChI=1S/C14H26N2O4/c1-10(2)20-14(18)15-11-5-7-12(8-6-11)19-9-13(17)16(3)4/h10-12H,5-9H2,1-4H3,(H,15,18). The molecule has 1 rings (SSSR count). The quantitative estimate of drug-likeness (QED) is 0.832. The lowest BCUT2D eigenvalue weighted by Gasteiger charge is -2.29. The highest BCUT2D eigenvalue weighted by molar-refractivity contribution is 5.76. The molecule has 0 saturated heterocycles. The molecule has 0 aromatic rings. The molecule has 2 amide bonds. The van der Waals surface area contributed by atoms with Crippen molar-refractivity contribution in [2.75, 3.05) is 20.7 Å². The summed E-state index contributed by atoms with van der Waals surface area (Å²) in [5.74, 6) is -0.0224. The summed E-state index contributed by atoms with van der Waals surface area (Å²) in [6.45, 7) is 3.78. The van der Waals surface area contributed by atoms with Crippen LogP contribution in [-0.2, 0) is 14.3 Å². The van der Waals surface area contributed by atoms with Crippen LogP contribution in [0, 0.1) is 0 Å². The highest BCUT2D eigenvalue weighted by atomic mass is 16.6. The minimum Gasteiger partial charge on any atom is -0.447 e. The fourth-order valence-electron chi connectivity index (χ4n) is 2.11. The lowest BCUT2D eigenvalue weighted by atomic mass is 9.93. The zero-order chi connectivity index (χ0) is 15.1. The van der Waals surface area contributed by atoms with Gasteiger partial charge in [-0.3, -0.25) is 4.79 Å². The summed E-state index contributed by atoms with van der Waals surface area (Å²) in [4.78, 5) is 24.4. The Morgan fingerprint density at radius 3 is 2.30 bits per heavy atom. The van der Waals surface area contributed by atoms with Crippen LogP contribution >= 0.6 is 0 Å². The summed E-state index contributed by atoms with van der Waals surface area (Å²) >= 11 is 0. The van der Waals surface area contributed by atoms with Crippen molar-refractivity contribution in [3.8, 4) is 0 Å². The summed E-state index contributed by atoms with van der Waals surface area (Å²) in [6, 6.07) is 0.144. The highest BCUT2D eigenvalue weighted by Gasteiger charge is 2.24. The fourth-order valence-corrected chi connectivity index (χ4v) is 2.11. The highest BCUT2D eigenvalue weighted by Crippen LogP contribution is 2.21. The predicted molar refractivity (Wildman–Crippen MR) is 75.4 cm³/mol. The van der Waals surface area contributed by atoms with Gasteiger partial charge in [0.2, 0.25) is 5.91 Å². The third-order valence-electron chi connectivity index (χ3n) is 3.28. The number of carbonyl (C=O) groups excluding carboxylic acids is 2. The molecule has 1 N–H and O–H groups in total.